The molecule has 1 saturated heterocycles. The summed E-state index contributed by atoms with van der Waals surface area (Å²) in [4.78, 5) is 7.90. The molecule has 0 radical (unpaired) electrons. The van der Waals surface area contributed by atoms with E-state index in [1.807, 2.05) is 54.5 Å². The van der Waals surface area contributed by atoms with Crippen LogP contribution in [0, 0.1) is 0 Å². The van der Waals surface area contributed by atoms with Gasteiger partial charge in [-0.2, -0.15) is 0 Å². The molecule has 0 bridgehead atoms. The van der Waals surface area contributed by atoms with Gasteiger partial charge in [0.1, 0.15) is 0 Å². The third-order valence-corrected chi connectivity index (χ3v) is 6.39. The Kier molecular flexibility index (Phi) is 6.56. The number of nitrogens with zero attached hydrogens (tertiary/aromatic N) is 2. The highest BCUT2D eigenvalue weighted by Gasteiger charge is 2.19. The number of hydrogen-bond donors (Lipinski definition) is 1. The number of benzene rings is 1. The minimum Gasteiger partial charge on any atom is -0.303 e. The number of anilines is 1. The Bertz CT molecular complexity index is 787. The zero-order valence-corrected chi connectivity index (χ0v) is 16.6. The van der Waals surface area contributed by atoms with Crippen LogP contribution < -0.4 is 4.72 Å². The largest absolute Gasteiger partial charge is 0.303 e. The fourth-order valence-corrected chi connectivity index (χ4v) is 4.78. The second kappa shape index (κ2) is 8.88. The van der Waals surface area contributed by atoms with E-state index in [2.05, 4.69) is 20.7 Å². The number of likely N-dealkylation sites (tertiary alicyclic amines) is 1. The number of nitrogens with one attached hydrogen (secondary N) is 1. The summed E-state index contributed by atoms with van der Waals surface area (Å²) in [7, 11) is -3.22. The number of aromatic nitrogens is 1. The lowest BCUT2D eigenvalue weighted by molar-refractivity contribution is 0.235. The summed E-state index contributed by atoms with van der Waals surface area (Å²) in [6.07, 6.45) is 8.35. The number of thioether (sulfide) groups is 1. The summed E-state index contributed by atoms with van der Waals surface area (Å²) in [5, 5.41) is 0.623. The average molecular weight is 392 g/mol. The van der Waals surface area contributed by atoms with Gasteiger partial charge < -0.3 is 4.90 Å². The molecule has 1 aromatic carbocycles. The third-order valence-electron chi connectivity index (χ3n) is 4.43. The van der Waals surface area contributed by atoms with Crippen molar-refractivity contribution in [1.29, 1.82) is 0 Å². The van der Waals surface area contributed by atoms with Gasteiger partial charge in [-0.25, -0.2) is 8.42 Å². The average Bonchev–Trinajstić information content (AvgIpc) is 2.62. The Balaban J connectivity index is 1.42. The first-order valence-electron chi connectivity index (χ1n) is 8.84. The highest BCUT2D eigenvalue weighted by atomic mass is 32.2. The Morgan fingerprint density at radius 1 is 1.19 bits per heavy atom. The van der Waals surface area contributed by atoms with E-state index in [4.69, 9.17) is 0 Å². The van der Waals surface area contributed by atoms with Crippen LogP contribution in [0.5, 0.6) is 0 Å². The van der Waals surface area contributed by atoms with E-state index < -0.39 is 10.0 Å². The van der Waals surface area contributed by atoms with Gasteiger partial charge in [-0.05, 0) is 68.2 Å². The minimum atomic E-state index is -3.22. The first-order chi connectivity index (χ1) is 12.5. The topological polar surface area (TPSA) is 62.3 Å². The fraction of sp³-hybridized carbons (Fsp3) is 0.421. The number of piperidine rings is 1. The van der Waals surface area contributed by atoms with Gasteiger partial charge in [0.15, 0.2) is 0 Å². The summed E-state index contributed by atoms with van der Waals surface area (Å²) in [6, 6.07) is 11.8. The predicted molar refractivity (Wildman–Crippen MR) is 108 cm³/mol. The quantitative estimate of drug-likeness (QED) is 0.785. The normalized spacial score (nSPS) is 16.5. The van der Waals surface area contributed by atoms with E-state index in [9.17, 15) is 8.42 Å². The Morgan fingerprint density at radius 3 is 2.54 bits per heavy atom. The number of hydrogen-bond acceptors (Lipinski definition) is 5. The summed E-state index contributed by atoms with van der Waals surface area (Å²) >= 11 is 1.89. The molecule has 140 valence electrons. The third kappa shape index (κ3) is 6.30. The highest BCUT2D eigenvalue weighted by molar-refractivity contribution is 8.00. The van der Waals surface area contributed by atoms with Crippen molar-refractivity contribution in [2.75, 3.05) is 30.6 Å². The van der Waals surface area contributed by atoms with Crippen LogP contribution in [0.2, 0.25) is 0 Å². The molecule has 1 aromatic heterocycles. The van der Waals surface area contributed by atoms with E-state index in [0.29, 0.717) is 10.9 Å². The predicted octanol–water partition coefficient (Wildman–Crippen LogP) is 3.25. The van der Waals surface area contributed by atoms with Crippen LogP contribution in [0.25, 0.3) is 0 Å². The molecule has 1 aliphatic rings. The molecule has 7 heteroatoms. The van der Waals surface area contributed by atoms with Gasteiger partial charge in [0.2, 0.25) is 10.0 Å². The zero-order chi connectivity index (χ0) is 18.4. The molecular weight excluding hydrogens is 366 g/mol. The molecule has 5 nitrogen and oxygen atoms in total. The van der Waals surface area contributed by atoms with Gasteiger partial charge in [0.05, 0.1) is 6.26 Å². The summed E-state index contributed by atoms with van der Waals surface area (Å²) in [5.74, 6) is 0. The molecule has 0 saturated carbocycles. The van der Waals surface area contributed by atoms with Crippen molar-refractivity contribution >= 4 is 27.5 Å². The van der Waals surface area contributed by atoms with E-state index in [0.717, 1.165) is 32.3 Å². The van der Waals surface area contributed by atoms with Crippen molar-refractivity contribution in [3.05, 3.63) is 54.4 Å². The Labute approximate surface area is 160 Å². The van der Waals surface area contributed by atoms with E-state index in [1.54, 1.807) is 0 Å². The first-order valence-corrected chi connectivity index (χ1v) is 11.6. The molecule has 1 N–H and O–H groups in total. The second-order valence-electron chi connectivity index (χ2n) is 6.67. The molecular formula is C19H25N3O2S2. The smallest absolute Gasteiger partial charge is 0.229 e. The van der Waals surface area contributed by atoms with Crippen LogP contribution in [0.3, 0.4) is 0 Å². The molecule has 26 heavy (non-hydrogen) atoms. The standard InChI is InChI=1S/C19H25N3O2S2/c1-26(23,24)21-17-4-6-18(7-5-17)25-19-9-13-22(14-10-19)12-8-16-3-2-11-20-15-16/h2-7,11,15,19,21H,8-10,12-14H2,1H3. The van der Waals surface area contributed by atoms with Crippen LogP contribution in [-0.4, -0.2) is 49.4 Å². The maximum atomic E-state index is 11.3. The zero-order valence-electron chi connectivity index (χ0n) is 15.0. The fourth-order valence-electron chi connectivity index (χ4n) is 3.09. The summed E-state index contributed by atoms with van der Waals surface area (Å²) in [5.41, 5.74) is 1.91. The molecule has 0 amide bonds. The van der Waals surface area contributed by atoms with Crippen molar-refractivity contribution in [3.8, 4) is 0 Å². The van der Waals surface area contributed by atoms with Crippen molar-refractivity contribution in [2.45, 2.75) is 29.4 Å². The van der Waals surface area contributed by atoms with E-state index in [1.165, 1.54) is 23.3 Å². The highest BCUT2D eigenvalue weighted by Crippen LogP contribution is 2.31. The van der Waals surface area contributed by atoms with Gasteiger partial charge in [0.25, 0.3) is 0 Å². The van der Waals surface area contributed by atoms with E-state index >= 15 is 0 Å². The van der Waals surface area contributed by atoms with Gasteiger partial charge in [-0.1, -0.05) is 6.07 Å². The second-order valence-corrected chi connectivity index (χ2v) is 9.79. The van der Waals surface area contributed by atoms with Crippen molar-refractivity contribution in [2.24, 2.45) is 0 Å². The molecule has 1 fully saturated rings. The lowest BCUT2D eigenvalue weighted by atomic mass is 10.1. The molecule has 3 rings (SSSR count). The van der Waals surface area contributed by atoms with Gasteiger partial charge in [-0.15, -0.1) is 11.8 Å². The Hall–Kier alpha value is -1.57. The monoisotopic (exact) mass is 391 g/mol. The molecule has 0 unspecified atom stereocenters. The SMILES string of the molecule is CS(=O)(=O)Nc1ccc(SC2CCN(CCc3cccnc3)CC2)cc1. The Morgan fingerprint density at radius 2 is 1.92 bits per heavy atom. The maximum absolute atomic E-state index is 11.3. The summed E-state index contributed by atoms with van der Waals surface area (Å²) in [6.45, 7) is 3.35. The van der Waals surface area contributed by atoms with Crippen LogP contribution >= 0.6 is 11.8 Å². The van der Waals surface area contributed by atoms with Crippen molar-refractivity contribution in [1.82, 2.24) is 9.88 Å². The maximum Gasteiger partial charge on any atom is 0.229 e. The van der Waals surface area contributed by atoms with Crippen molar-refractivity contribution in [3.63, 3.8) is 0 Å². The van der Waals surface area contributed by atoms with Crippen molar-refractivity contribution < 1.29 is 8.42 Å². The molecule has 0 aliphatic carbocycles. The van der Waals surface area contributed by atoms with Gasteiger partial charge in [-0.3, -0.25) is 9.71 Å². The minimum absolute atomic E-state index is 0.613. The lowest BCUT2D eigenvalue weighted by Crippen LogP contribution is -2.36. The molecule has 2 heterocycles. The van der Waals surface area contributed by atoms with Crippen LogP contribution in [-0.2, 0) is 16.4 Å². The summed E-state index contributed by atoms with van der Waals surface area (Å²) < 4.78 is 25.0. The number of sulfonamides is 1. The molecule has 1 aliphatic heterocycles. The van der Waals surface area contributed by atoms with Crippen LogP contribution in [0.1, 0.15) is 18.4 Å². The molecule has 2 aromatic rings. The number of pyridine rings is 1. The lowest BCUT2D eigenvalue weighted by Gasteiger charge is -2.31. The van der Waals surface area contributed by atoms with Gasteiger partial charge >= 0.3 is 0 Å². The van der Waals surface area contributed by atoms with Crippen LogP contribution in [0.4, 0.5) is 5.69 Å². The molecule has 0 spiro atoms. The number of rotatable bonds is 7. The van der Waals surface area contributed by atoms with Crippen LogP contribution in [0.15, 0.2) is 53.7 Å². The van der Waals surface area contributed by atoms with Gasteiger partial charge in [0, 0.05) is 34.8 Å². The first kappa shape index (κ1) is 19.2. The molecule has 0 atom stereocenters. The van der Waals surface area contributed by atoms with E-state index in [-0.39, 0.29) is 0 Å².